The molecule has 0 N–H and O–H groups in total. The molecule has 0 aliphatic rings. The van der Waals surface area contributed by atoms with Gasteiger partial charge in [-0.2, -0.15) is 13.2 Å². The summed E-state index contributed by atoms with van der Waals surface area (Å²) in [5, 5.41) is 0.319. The van der Waals surface area contributed by atoms with Crippen LogP contribution in [0.2, 0.25) is 5.02 Å². The Labute approximate surface area is 156 Å². The molecule has 0 aliphatic heterocycles. The Hall–Kier alpha value is -1.99. The second-order valence-electron chi connectivity index (χ2n) is 5.38. The molecule has 3 rings (SSSR count). The topological polar surface area (TPSA) is 22.1 Å². The van der Waals surface area contributed by atoms with Gasteiger partial charge in [-0.3, -0.25) is 0 Å². The summed E-state index contributed by atoms with van der Waals surface area (Å²) < 4.78 is 59.2. The van der Waals surface area contributed by atoms with Crippen LogP contribution in [0.25, 0.3) is 10.9 Å². The smallest absolute Gasteiger partial charge is 0.417 e. The highest BCUT2D eigenvalue weighted by Gasteiger charge is 2.33. The van der Waals surface area contributed by atoms with Crippen LogP contribution in [-0.2, 0) is 11.9 Å². The molecule has 0 bridgehead atoms. The molecule has 0 saturated carbocycles. The lowest BCUT2D eigenvalue weighted by atomic mass is 10.1. The van der Waals surface area contributed by atoms with Gasteiger partial charge in [-0.25, -0.2) is 9.37 Å². The van der Waals surface area contributed by atoms with Crippen LogP contribution >= 0.6 is 23.4 Å². The van der Waals surface area contributed by atoms with Crippen molar-refractivity contribution < 1.29 is 22.3 Å². The van der Waals surface area contributed by atoms with E-state index >= 15 is 0 Å². The van der Waals surface area contributed by atoms with Gasteiger partial charge in [0.05, 0.1) is 23.2 Å². The maximum atomic E-state index is 13.9. The van der Waals surface area contributed by atoms with E-state index in [4.69, 9.17) is 16.3 Å². The molecule has 3 aromatic rings. The first-order valence-corrected chi connectivity index (χ1v) is 8.77. The average molecular weight is 402 g/mol. The van der Waals surface area contributed by atoms with E-state index in [1.165, 1.54) is 43.5 Å². The number of rotatable bonds is 4. The van der Waals surface area contributed by atoms with Gasteiger partial charge in [-0.15, -0.1) is 11.8 Å². The summed E-state index contributed by atoms with van der Waals surface area (Å²) in [5.74, 6) is -0.0495. The molecule has 8 heteroatoms. The number of methoxy groups -OCH3 is 1. The summed E-state index contributed by atoms with van der Waals surface area (Å²) in [4.78, 5) is 4.25. The molecule has 0 saturated heterocycles. The normalized spacial score (nSPS) is 11.8. The monoisotopic (exact) mass is 401 g/mol. The van der Waals surface area contributed by atoms with Crippen molar-refractivity contribution in [2.24, 2.45) is 0 Å². The number of hydrogen-bond donors (Lipinski definition) is 0. The number of nitrogens with zero attached hydrogens (tertiary/aromatic N) is 1. The van der Waals surface area contributed by atoms with Crippen LogP contribution in [0.4, 0.5) is 17.6 Å². The zero-order valence-electron chi connectivity index (χ0n) is 13.4. The first kappa shape index (κ1) is 18.8. The van der Waals surface area contributed by atoms with E-state index in [-0.39, 0.29) is 32.3 Å². The van der Waals surface area contributed by atoms with Crippen molar-refractivity contribution in [3.05, 3.63) is 64.4 Å². The predicted molar refractivity (Wildman–Crippen MR) is 94.3 cm³/mol. The van der Waals surface area contributed by atoms with Crippen molar-refractivity contribution in [1.82, 2.24) is 4.98 Å². The second kappa shape index (κ2) is 7.32. The van der Waals surface area contributed by atoms with Crippen molar-refractivity contribution in [2.75, 3.05) is 7.11 Å². The van der Waals surface area contributed by atoms with E-state index in [1.54, 1.807) is 0 Å². The Bertz CT molecular complexity index is 942. The number of thioether (sulfide) groups is 1. The zero-order valence-corrected chi connectivity index (χ0v) is 15.0. The highest BCUT2D eigenvalue weighted by Crippen LogP contribution is 2.38. The van der Waals surface area contributed by atoms with E-state index in [9.17, 15) is 17.6 Å². The number of hydrogen-bond acceptors (Lipinski definition) is 3. The molecule has 0 radical (unpaired) electrons. The molecular weight excluding hydrogens is 390 g/mol. The first-order chi connectivity index (χ1) is 12.3. The molecule has 0 spiro atoms. The van der Waals surface area contributed by atoms with E-state index < -0.39 is 17.6 Å². The van der Waals surface area contributed by atoms with Gasteiger partial charge in [0.1, 0.15) is 11.6 Å². The summed E-state index contributed by atoms with van der Waals surface area (Å²) in [7, 11) is 1.42. The van der Waals surface area contributed by atoms with Crippen molar-refractivity contribution >= 4 is 34.3 Å². The summed E-state index contributed by atoms with van der Waals surface area (Å²) in [6, 6.07) is 9.42. The number of pyridine rings is 1. The predicted octanol–water partition coefficient (Wildman–Crippen LogP) is 6.35. The minimum atomic E-state index is -4.54. The first-order valence-electron chi connectivity index (χ1n) is 7.41. The van der Waals surface area contributed by atoms with Crippen molar-refractivity contribution in [3.63, 3.8) is 0 Å². The third-order valence-corrected chi connectivity index (χ3v) is 5.02. The maximum Gasteiger partial charge on any atom is 0.417 e. The highest BCUT2D eigenvalue weighted by atomic mass is 35.5. The van der Waals surface area contributed by atoms with Gasteiger partial charge in [0.25, 0.3) is 0 Å². The molecule has 1 aromatic heterocycles. The summed E-state index contributed by atoms with van der Waals surface area (Å²) in [5.41, 5.74) is -0.422. The van der Waals surface area contributed by atoms with Gasteiger partial charge in [0.2, 0.25) is 0 Å². The number of ether oxygens (including phenoxy) is 1. The minimum Gasteiger partial charge on any atom is -0.497 e. The second-order valence-corrected chi connectivity index (χ2v) is 6.78. The van der Waals surface area contributed by atoms with Crippen LogP contribution in [0, 0.1) is 5.82 Å². The fourth-order valence-electron chi connectivity index (χ4n) is 2.44. The van der Waals surface area contributed by atoms with Crippen LogP contribution in [0.15, 0.2) is 47.5 Å². The Morgan fingerprint density at radius 2 is 1.92 bits per heavy atom. The SMILES string of the molecule is COc1ccc2c(C(F)(F)F)cc(SCc3c(F)cccc3Cl)nc2c1. The Morgan fingerprint density at radius 1 is 1.15 bits per heavy atom. The fourth-order valence-corrected chi connectivity index (χ4v) is 3.69. The lowest BCUT2D eigenvalue weighted by molar-refractivity contribution is -0.136. The molecule has 1 heterocycles. The lowest BCUT2D eigenvalue weighted by Crippen LogP contribution is -2.07. The molecular formula is C18H12ClF4NOS. The van der Waals surface area contributed by atoms with Crippen LogP contribution in [0.3, 0.4) is 0 Å². The van der Waals surface area contributed by atoms with E-state index in [0.29, 0.717) is 5.75 Å². The van der Waals surface area contributed by atoms with Crippen LogP contribution in [0.1, 0.15) is 11.1 Å². The standard InChI is InChI=1S/C18H12ClF4NOS/c1-25-10-5-6-11-13(18(21,22)23)8-17(24-16(11)7-10)26-9-12-14(19)3-2-4-15(12)20/h2-8H,9H2,1H3. The summed E-state index contributed by atoms with van der Waals surface area (Å²) >= 11 is 6.95. The Morgan fingerprint density at radius 3 is 2.58 bits per heavy atom. The summed E-state index contributed by atoms with van der Waals surface area (Å²) in [6.07, 6.45) is -4.54. The Kier molecular flexibility index (Phi) is 5.29. The molecule has 26 heavy (non-hydrogen) atoms. The fraction of sp³-hybridized carbons (Fsp3) is 0.167. The molecule has 2 nitrogen and oxygen atoms in total. The molecule has 136 valence electrons. The zero-order chi connectivity index (χ0) is 18.9. The van der Waals surface area contributed by atoms with Gasteiger partial charge in [0.15, 0.2) is 0 Å². The largest absolute Gasteiger partial charge is 0.497 e. The van der Waals surface area contributed by atoms with Gasteiger partial charge < -0.3 is 4.74 Å². The molecule has 0 atom stereocenters. The van der Waals surface area contributed by atoms with Crippen LogP contribution in [0.5, 0.6) is 5.75 Å². The third kappa shape index (κ3) is 3.88. The van der Waals surface area contributed by atoms with Gasteiger partial charge in [-0.1, -0.05) is 17.7 Å². The lowest BCUT2D eigenvalue weighted by Gasteiger charge is -2.13. The van der Waals surface area contributed by atoms with Gasteiger partial charge in [0, 0.05) is 27.8 Å². The third-order valence-electron chi connectivity index (χ3n) is 3.73. The molecule has 0 fully saturated rings. The van der Waals surface area contributed by atoms with Gasteiger partial charge in [-0.05, 0) is 30.3 Å². The minimum absolute atomic E-state index is 0.0217. The van der Waals surface area contributed by atoms with Crippen molar-refractivity contribution in [1.29, 1.82) is 0 Å². The van der Waals surface area contributed by atoms with Gasteiger partial charge >= 0.3 is 6.18 Å². The number of halogens is 5. The van der Waals surface area contributed by atoms with Crippen LogP contribution < -0.4 is 4.74 Å². The van der Waals surface area contributed by atoms with E-state index in [1.807, 2.05) is 0 Å². The number of aromatic nitrogens is 1. The number of alkyl halides is 3. The number of fused-ring (bicyclic) bond motifs is 1. The maximum absolute atomic E-state index is 13.9. The quantitative estimate of drug-likeness (QED) is 0.376. The molecule has 0 unspecified atom stereocenters. The molecule has 2 aromatic carbocycles. The summed E-state index contributed by atoms with van der Waals surface area (Å²) in [6.45, 7) is 0. The molecule has 0 aliphatic carbocycles. The Balaban J connectivity index is 2.03. The average Bonchev–Trinajstić information content (AvgIpc) is 2.59. The van der Waals surface area contributed by atoms with E-state index in [0.717, 1.165) is 17.8 Å². The highest BCUT2D eigenvalue weighted by molar-refractivity contribution is 7.98. The number of benzene rings is 2. The van der Waals surface area contributed by atoms with E-state index in [2.05, 4.69) is 4.98 Å². The van der Waals surface area contributed by atoms with Crippen molar-refractivity contribution in [2.45, 2.75) is 17.0 Å². The van der Waals surface area contributed by atoms with Crippen LogP contribution in [-0.4, -0.2) is 12.1 Å². The van der Waals surface area contributed by atoms with Crippen molar-refractivity contribution in [3.8, 4) is 5.75 Å². The molecule has 0 amide bonds.